The van der Waals surface area contributed by atoms with Crippen LogP contribution in [0.15, 0.2) is 6.07 Å². The lowest BCUT2D eigenvalue weighted by atomic mass is 9.79. The zero-order chi connectivity index (χ0) is 11.8. The van der Waals surface area contributed by atoms with Crippen molar-refractivity contribution >= 4 is 5.82 Å². The number of hydrogen-bond acceptors (Lipinski definition) is 2. The molecule has 0 fully saturated rings. The molecule has 0 saturated heterocycles. The first-order valence-corrected chi connectivity index (χ1v) is 6.27. The Hall–Kier alpha value is -0.990. The van der Waals surface area contributed by atoms with Gasteiger partial charge in [0.2, 0.25) is 0 Å². The predicted molar refractivity (Wildman–Crippen MR) is 67.7 cm³/mol. The van der Waals surface area contributed by atoms with E-state index in [0.717, 1.165) is 19.5 Å². The van der Waals surface area contributed by atoms with Gasteiger partial charge in [0.1, 0.15) is 5.82 Å². The zero-order valence-corrected chi connectivity index (χ0v) is 10.9. The average molecular weight is 221 g/mol. The van der Waals surface area contributed by atoms with Crippen molar-refractivity contribution in [1.29, 1.82) is 0 Å². The van der Waals surface area contributed by atoms with Gasteiger partial charge in [-0.3, -0.25) is 0 Å². The molecule has 90 valence electrons. The summed E-state index contributed by atoms with van der Waals surface area (Å²) in [5.41, 5.74) is 1.59. The molecule has 0 saturated carbocycles. The van der Waals surface area contributed by atoms with Gasteiger partial charge in [0, 0.05) is 19.2 Å². The highest BCUT2D eigenvalue weighted by Gasteiger charge is 2.22. The zero-order valence-electron chi connectivity index (χ0n) is 10.9. The first kappa shape index (κ1) is 11.5. The molecule has 0 bridgehead atoms. The molecule has 16 heavy (non-hydrogen) atoms. The van der Waals surface area contributed by atoms with Crippen LogP contribution in [0.2, 0.25) is 0 Å². The van der Waals surface area contributed by atoms with E-state index in [0.29, 0.717) is 11.3 Å². The minimum atomic E-state index is 0.359. The van der Waals surface area contributed by atoms with Crippen LogP contribution in [0.1, 0.15) is 39.8 Å². The summed E-state index contributed by atoms with van der Waals surface area (Å²) in [6.07, 6.45) is 2.26. The molecular weight excluding hydrogens is 198 g/mol. The minimum Gasteiger partial charge on any atom is -0.370 e. The molecule has 1 N–H and O–H groups in total. The summed E-state index contributed by atoms with van der Waals surface area (Å²) < 4.78 is 2.11. The Kier molecular flexibility index (Phi) is 2.96. The van der Waals surface area contributed by atoms with E-state index in [2.05, 4.69) is 48.9 Å². The summed E-state index contributed by atoms with van der Waals surface area (Å²) >= 11 is 0. The maximum atomic E-state index is 4.66. The van der Waals surface area contributed by atoms with Crippen LogP contribution in [0.4, 0.5) is 5.82 Å². The first-order valence-electron chi connectivity index (χ1n) is 6.27. The Morgan fingerprint density at radius 2 is 2.25 bits per heavy atom. The number of aryl methyl sites for hydroxylation is 1. The van der Waals surface area contributed by atoms with Crippen LogP contribution in [0.5, 0.6) is 0 Å². The molecule has 1 aromatic rings. The predicted octanol–water partition coefficient (Wildman–Crippen LogP) is 2.92. The van der Waals surface area contributed by atoms with Crippen LogP contribution in [0, 0.1) is 11.3 Å². The second-order valence-electron chi connectivity index (χ2n) is 6.00. The van der Waals surface area contributed by atoms with Crippen LogP contribution >= 0.6 is 0 Å². The van der Waals surface area contributed by atoms with Gasteiger partial charge < -0.3 is 5.32 Å². The molecule has 1 unspecified atom stereocenters. The second-order valence-corrected chi connectivity index (χ2v) is 6.00. The SMILES string of the molecule is CC(Cc1cc2n(n1)CCCN2)C(C)(C)C. The van der Waals surface area contributed by atoms with Crippen molar-refractivity contribution in [2.45, 2.75) is 47.1 Å². The highest BCUT2D eigenvalue weighted by molar-refractivity contribution is 5.38. The smallest absolute Gasteiger partial charge is 0.124 e. The summed E-state index contributed by atoms with van der Waals surface area (Å²) in [6.45, 7) is 11.3. The molecular formula is C13H23N3. The fourth-order valence-corrected chi connectivity index (χ4v) is 1.95. The maximum absolute atomic E-state index is 4.66. The molecule has 0 radical (unpaired) electrons. The van der Waals surface area contributed by atoms with E-state index >= 15 is 0 Å². The minimum absolute atomic E-state index is 0.359. The van der Waals surface area contributed by atoms with Gasteiger partial charge in [-0.2, -0.15) is 5.10 Å². The fourth-order valence-electron chi connectivity index (χ4n) is 1.95. The van der Waals surface area contributed by atoms with E-state index < -0.39 is 0 Å². The van der Waals surface area contributed by atoms with Crippen molar-refractivity contribution in [3.63, 3.8) is 0 Å². The number of rotatable bonds is 2. The monoisotopic (exact) mass is 221 g/mol. The molecule has 3 heteroatoms. The number of nitrogens with one attached hydrogen (secondary N) is 1. The fraction of sp³-hybridized carbons (Fsp3) is 0.769. The summed E-state index contributed by atoms with van der Waals surface area (Å²) in [7, 11) is 0. The Labute approximate surface area is 98.2 Å². The van der Waals surface area contributed by atoms with Crippen LogP contribution in [-0.2, 0) is 13.0 Å². The van der Waals surface area contributed by atoms with Gasteiger partial charge >= 0.3 is 0 Å². The van der Waals surface area contributed by atoms with E-state index in [9.17, 15) is 0 Å². The third-order valence-electron chi connectivity index (χ3n) is 3.68. The van der Waals surface area contributed by atoms with Crippen molar-refractivity contribution in [2.75, 3.05) is 11.9 Å². The maximum Gasteiger partial charge on any atom is 0.124 e. The van der Waals surface area contributed by atoms with Gasteiger partial charge in [0.15, 0.2) is 0 Å². The lowest BCUT2D eigenvalue weighted by Gasteiger charge is -2.26. The van der Waals surface area contributed by atoms with Crippen molar-refractivity contribution < 1.29 is 0 Å². The van der Waals surface area contributed by atoms with E-state index in [-0.39, 0.29) is 0 Å². The van der Waals surface area contributed by atoms with Gasteiger partial charge in [-0.15, -0.1) is 0 Å². The topological polar surface area (TPSA) is 29.9 Å². The number of hydrogen-bond donors (Lipinski definition) is 1. The van der Waals surface area contributed by atoms with E-state index in [1.54, 1.807) is 0 Å². The quantitative estimate of drug-likeness (QED) is 0.832. The molecule has 0 spiro atoms. The summed E-state index contributed by atoms with van der Waals surface area (Å²) in [5, 5.41) is 8.05. The molecule has 1 atom stereocenters. The van der Waals surface area contributed by atoms with E-state index in [1.165, 1.54) is 17.9 Å². The Balaban J connectivity index is 2.08. The van der Waals surface area contributed by atoms with Gasteiger partial charge in [0.25, 0.3) is 0 Å². The first-order chi connectivity index (χ1) is 7.47. The lowest BCUT2D eigenvalue weighted by molar-refractivity contribution is 0.258. The Bertz CT molecular complexity index is 336. The Morgan fingerprint density at radius 3 is 2.88 bits per heavy atom. The summed E-state index contributed by atoms with van der Waals surface area (Å²) in [6, 6.07) is 2.21. The molecule has 1 aliphatic heterocycles. The van der Waals surface area contributed by atoms with Gasteiger partial charge in [-0.05, 0) is 24.2 Å². The molecule has 2 rings (SSSR count). The van der Waals surface area contributed by atoms with E-state index in [1.807, 2.05) is 0 Å². The van der Waals surface area contributed by atoms with Crippen molar-refractivity contribution in [3.8, 4) is 0 Å². The van der Waals surface area contributed by atoms with E-state index in [4.69, 9.17) is 0 Å². The average Bonchev–Trinajstić information content (AvgIpc) is 2.58. The molecule has 1 aliphatic rings. The standard InChI is InChI=1S/C13H23N3/c1-10(13(2,3)4)8-11-9-12-14-6-5-7-16(12)15-11/h9-10,14H,5-8H2,1-4H3. The lowest BCUT2D eigenvalue weighted by Crippen LogP contribution is -2.20. The van der Waals surface area contributed by atoms with Crippen LogP contribution in [0.25, 0.3) is 0 Å². The van der Waals surface area contributed by atoms with Gasteiger partial charge in [-0.25, -0.2) is 4.68 Å². The molecule has 0 amide bonds. The van der Waals surface area contributed by atoms with Crippen LogP contribution in [0.3, 0.4) is 0 Å². The number of aromatic nitrogens is 2. The van der Waals surface area contributed by atoms with Crippen LogP contribution < -0.4 is 5.32 Å². The number of anilines is 1. The number of fused-ring (bicyclic) bond motifs is 1. The Morgan fingerprint density at radius 1 is 1.50 bits per heavy atom. The van der Waals surface area contributed by atoms with Crippen LogP contribution in [-0.4, -0.2) is 16.3 Å². The molecule has 3 nitrogen and oxygen atoms in total. The van der Waals surface area contributed by atoms with Crippen molar-refractivity contribution in [2.24, 2.45) is 11.3 Å². The summed E-state index contributed by atoms with van der Waals surface area (Å²) in [5.74, 6) is 1.85. The van der Waals surface area contributed by atoms with Crippen molar-refractivity contribution in [3.05, 3.63) is 11.8 Å². The number of nitrogens with zero attached hydrogens (tertiary/aromatic N) is 2. The third kappa shape index (κ3) is 2.39. The molecule has 0 aliphatic carbocycles. The largest absolute Gasteiger partial charge is 0.370 e. The molecule has 0 aromatic carbocycles. The van der Waals surface area contributed by atoms with Crippen molar-refractivity contribution in [1.82, 2.24) is 9.78 Å². The highest BCUT2D eigenvalue weighted by atomic mass is 15.3. The molecule has 2 heterocycles. The normalized spacial score (nSPS) is 17.8. The van der Waals surface area contributed by atoms with Gasteiger partial charge in [-0.1, -0.05) is 27.7 Å². The third-order valence-corrected chi connectivity index (χ3v) is 3.68. The highest BCUT2D eigenvalue weighted by Crippen LogP contribution is 2.29. The second kappa shape index (κ2) is 4.11. The van der Waals surface area contributed by atoms with Gasteiger partial charge in [0.05, 0.1) is 5.69 Å². The molecule has 1 aromatic heterocycles. The summed E-state index contributed by atoms with van der Waals surface area (Å²) in [4.78, 5) is 0.